The molecule has 0 spiro atoms. The molecule has 0 aliphatic rings. The molecule has 2 heterocycles. The minimum absolute atomic E-state index is 0.0428. The fourth-order valence-electron chi connectivity index (χ4n) is 2.30. The normalized spacial score (nSPS) is 11.3. The SMILES string of the molecule is Cc1sc2nc(CC(=O)N/N=C/c3ccc(Br)cc3)[nH]c(=O)c2c1C. The van der Waals surface area contributed by atoms with Gasteiger partial charge in [-0.1, -0.05) is 28.1 Å². The van der Waals surface area contributed by atoms with Crippen LogP contribution in [0.25, 0.3) is 10.2 Å². The third-order valence-electron chi connectivity index (χ3n) is 3.69. The van der Waals surface area contributed by atoms with Gasteiger partial charge in [0.2, 0.25) is 5.91 Å². The van der Waals surface area contributed by atoms with Crippen LogP contribution in [0, 0.1) is 13.8 Å². The van der Waals surface area contributed by atoms with Crippen molar-refractivity contribution >= 4 is 49.6 Å². The molecule has 0 aliphatic carbocycles. The summed E-state index contributed by atoms with van der Waals surface area (Å²) >= 11 is 4.81. The smallest absolute Gasteiger partial charge is 0.259 e. The molecule has 2 N–H and O–H groups in total. The van der Waals surface area contributed by atoms with Crippen molar-refractivity contribution in [3.05, 3.63) is 60.9 Å². The first-order chi connectivity index (χ1) is 11.9. The summed E-state index contributed by atoms with van der Waals surface area (Å²) < 4.78 is 0.971. The summed E-state index contributed by atoms with van der Waals surface area (Å²) in [7, 11) is 0. The van der Waals surface area contributed by atoms with Gasteiger partial charge in [-0.05, 0) is 37.1 Å². The minimum atomic E-state index is -0.346. The first kappa shape index (κ1) is 17.5. The highest BCUT2D eigenvalue weighted by Gasteiger charge is 2.13. The molecule has 128 valence electrons. The molecule has 1 amide bonds. The van der Waals surface area contributed by atoms with Gasteiger partial charge in [0.1, 0.15) is 10.7 Å². The molecule has 0 radical (unpaired) electrons. The average Bonchev–Trinajstić information content (AvgIpc) is 2.84. The quantitative estimate of drug-likeness (QED) is 0.504. The fraction of sp³-hybridized carbons (Fsp3) is 0.176. The van der Waals surface area contributed by atoms with Gasteiger partial charge in [-0.15, -0.1) is 11.3 Å². The maximum absolute atomic E-state index is 12.2. The van der Waals surface area contributed by atoms with Gasteiger partial charge in [-0.3, -0.25) is 9.59 Å². The Morgan fingerprint density at radius 1 is 1.36 bits per heavy atom. The number of halogens is 1. The average molecular weight is 419 g/mol. The molecule has 0 unspecified atom stereocenters. The maximum atomic E-state index is 12.2. The minimum Gasteiger partial charge on any atom is -0.309 e. The van der Waals surface area contributed by atoms with Crippen molar-refractivity contribution in [1.29, 1.82) is 0 Å². The number of aryl methyl sites for hydroxylation is 2. The fourth-order valence-corrected chi connectivity index (χ4v) is 3.62. The number of hydrazone groups is 1. The number of nitrogens with one attached hydrogen (secondary N) is 2. The van der Waals surface area contributed by atoms with E-state index in [9.17, 15) is 9.59 Å². The van der Waals surface area contributed by atoms with Crippen LogP contribution in [-0.4, -0.2) is 22.1 Å². The zero-order valence-corrected chi connectivity index (χ0v) is 16.0. The van der Waals surface area contributed by atoms with Crippen LogP contribution in [0.5, 0.6) is 0 Å². The van der Waals surface area contributed by atoms with Gasteiger partial charge in [-0.2, -0.15) is 5.10 Å². The van der Waals surface area contributed by atoms with Gasteiger partial charge >= 0.3 is 0 Å². The lowest BCUT2D eigenvalue weighted by Crippen LogP contribution is -2.23. The van der Waals surface area contributed by atoms with E-state index in [1.165, 1.54) is 11.3 Å². The number of rotatable bonds is 4. The Labute approximate surface area is 156 Å². The molecule has 0 atom stereocenters. The molecule has 8 heteroatoms. The van der Waals surface area contributed by atoms with Gasteiger partial charge < -0.3 is 4.98 Å². The maximum Gasteiger partial charge on any atom is 0.259 e. The number of H-pyrrole nitrogens is 1. The zero-order chi connectivity index (χ0) is 18.0. The standard InChI is InChI=1S/C17H15BrN4O2S/c1-9-10(2)25-17-15(9)16(24)20-13(21-17)7-14(23)22-19-8-11-3-5-12(18)6-4-11/h3-6,8H,7H2,1-2H3,(H,22,23)(H,20,21,24)/b19-8+. The highest BCUT2D eigenvalue weighted by Crippen LogP contribution is 2.25. The van der Waals surface area contributed by atoms with Crippen LogP contribution in [0.4, 0.5) is 0 Å². The highest BCUT2D eigenvalue weighted by atomic mass is 79.9. The van der Waals surface area contributed by atoms with Crippen LogP contribution >= 0.6 is 27.3 Å². The van der Waals surface area contributed by atoms with E-state index in [1.54, 1.807) is 6.21 Å². The Balaban J connectivity index is 1.69. The first-order valence-electron chi connectivity index (χ1n) is 7.50. The van der Waals surface area contributed by atoms with E-state index in [4.69, 9.17) is 0 Å². The topological polar surface area (TPSA) is 87.2 Å². The number of benzene rings is 1. The molecular weight excluding hydrogens is 404 g/mol. The molecule has 0 saturated carbocycles. The van der Waals surface area contributed by atoms with Crippen LogP contribution in [0.1, 0.15) is 21.8 Å². The molecule has 6 nitrogen and oxygen atoms in total. The predicted molar refractivity (Wildman–Crippen MR) is 103 cm³/mol. The molecule has 3 aromatic rings. The number of hydrogen-bond donors (Lipinski definition) is 2. The molecule has 2 aromatic heterocycles. The molecule has 3 rings (SSSR count). The first-order valence-corrected chi connectivity index (χ1v) is 9.11. The molecule has 0 bridgehead atoms. The lowest BCUT2D eigenvalue weighted by molar-refractivity contribution is -0.120. The van der Waals surface area contributed by atoms with Crippen molar-refractivity contribution in [3.63, 3.8) is 0 Å². The van der Waals surface area contributed by atoms with E-state index in [-0.39, 0.29) is 17.9 Å². The third-order valence-corrected chi connectivity index (χ3v) is 5.32. The van der Waals surface area contributed by atoms with E-state index in [0.717, 1.165) is 20.5 Å². The summed E-state index contributed by atoms with van der Waals surface area (Å²) in [6.07, 6.45) is 1.51. The third kappa shape index (κ3) is 4.02. The summed E-state index contributed by atoms with van der Waals surface area (Å²) in [6, 6.07) is 7.51. The van der Waals surface area contributed by atoms with E-state index in [1.807, 2.05) is 38.1 Å². The van der Waals surface area contributed by atoms with Gasteiger partial charge in [0.25, 0.3) is 5.56 Å². The van der Waals surface area contributed by atoms with E-state index in [0.29, 0.717) is 16.0 Å². The Morgan fingerprint density at radius 2 is 2.08 bits per heavy atom. The summed E-state index contributed by atoms with van der Waals surface area (Å²) in [6.45, 7) is 3.85. The molecular formula is C17H15BrN4O2S. The van der Waals surface area contributed by atoms with Crippen molar-refractivity contribution in [3.8, 4) is 0 Å². The molecule has 0 aliphatic heterocycles. The number of thiophene rings is 1. The van der Waals surface area contributed by atoms with Crippen LogP contribution in [0.3, 0.4) is 0 Å². The Kier molecular flexibility index (Phi) is 5.10. The van der Waals surface area contributed by atoms with E-state index in [2.05, 4.69) is 36.4 Å². The predicted octanol–water partition coefficient (Wildman–Crippen LogP) is 3.06. The van der Waals surface area contributed by atoms with Crippen molar-refractivity contribution in [2.24, 2.45) is 5.10 Å². The van der Waals surface area contributed by atoms with Crippen molar-refractivity contribution < 1.29 is 4.79 Å². The second-order valence-corrected chi connectivity index (χ2v) is 7.62. The number of carbonyl (C=O) groups is 1. The number of fused-ring (bicyclic) bond motifs is 1. The Bertz CT molecular complexity index is 1020. The Morgan fingerprint density at radius 3 is 2.80 bits per heavy atom. The molecule has 0 fully saturated rings. The number of nitrogens with zero attached hydrogens (tertiary/aromatic N) is 2. The second kappa shape index (κ2) is 7.28. The van der Waals surface area contributed by atoms with Gasteiger partial charge in [0.15, 0.2) is 0 Å². The molecule has 1 aromatic carbocycles. The molecule has 25 heavy (non-hydrogen) atoms. The van der Waals surface area contributed by atoms with Crippen molar-refractivity contribution in [2.45, 2.75) is 20.3 Å². The van der Waals surface area contributed by atoms with Crippen LogP contribution in [-0.2, 0) is 11.2 Å². The summed E-state index contributed by atoms with van der Waals surface area (Å²) in [5, 5.41) is 4.51. The number of aromatic nitrogens is 2. The molecule has 0 saturated heterocycles. The van der Waals surface area contributed by atoms with Crippen LogP contribution in [0.2, 0.25) is 0 Å². The van der Waals surface area contributed by atoms with Crippen LogP contribution in [0.15, 0.2) is 38.6 Å². The van der Waals surface area contributed by atoms with E-state index < -0.39 is 0 Å². The number of amides is 1. The lowest BCUT2D eigenvalue weighted by Gasteiger charge is -2.01. The number of aromatic amines is 1. The Hall–Kier alpha value is -2.32. The van der Waals surface area contributed by atoms with E-state index >= 15 is 0 Å². The van der Waals surface area contributed by atoms with Crippen molar-refractivity contribution in [1.82, 2.24) is 15.4 Å². The highest BCUT2D eigenvalue weighted by molar-refractivity contribution is 9.10. The number of carbonyl (C=O) groups excluding carboxylic acids is 1. The summed E-state index contributed by atoms with van der Waals surface area (Å²) in [4.78, 5) is 32.9. The number of hydrogen-bond acceptors (Lipinski definition) is 5. The van der Waals surface area contributed by atoms with Gasteiger partial charge in [-0.25, -0.2) is 10.4 Å². The summed E-state index contributed by atoms with van der Waals surface area (Å²) in [5.41, 5.74) is 4.02. The second-order valence-electron chi connectivity index (χ2n) is 5.50. The monoisotopic (exact) mass is 418 g/mol. The zero-order valence-electron chi connectivity index (χ0n) is 13.6. The largest absolute Gasteiger partial charge is 0.309 e. The van der Waals surface area contributed by atoms with Gasteiger partial charge in [0, 0.05) is 9.35 Å². The van der Waals surface area contributed by atoms with Gasteiger partial charge in [0.05, 0.1) is 18.0 Å². The lowest BCUT2D eigenvalue weighted by atomic mass is 10.2. The van der Waals surface area contributed by atoms with Crippen LogP contribution < -0.4 is 11.0 Å². The van der Waals surface area contributed by atoms with Crippen molar-refractivity contribution in [2.75, 3.05) is 0 Å². The summed E-state index contributed by atoms with van der Waals surface area (Å²) in [5.74, 6) is -0.0176.